The van der Waals surface area contributed by atoms with E-state index in [0.717, 1.165) is 19.7 Å². The Labute approximate surface area is 118 Å². The first-order valence-electron chi connectivity index (χ1n) is 5.03. The van der Waals surface area contributed by atoms with Gasteiger partial charge in [0.15, 0.2) is 0 Å². The number of nitrogens with one attached hydrogen (secondary N) is 1. The molecule has 88 valence electrons. The normalized spacial score (nSPS) is 12.4. The minimum atomic E-state index is -0.0989. The standard InChI is InChI=1S/C12H11ClIN3/c13-10-6-8(3-4-11(10)14)12(17-15)9-2-1-5-16-7-9/h1-7,12,17H,15H2. The molecule has 0 saturated heterocycles. The van der Waals surface area contributed by atoms with Crippen LogP contribution in [0.5, 0.6) is 0 Å². The summed E-state index contributed by atoms with van der Waals surface area (Å²) in [5, 5.41) is 0.729. The molecule has 0 fully saturated rings. The molecule has 3 N–H and O–H groups in total. The van der Waals surface area contributed by atoms with Crippen molar-refractivity contribution in [2.24, 2.45) is 5.84 Å². The van der Waals surface area contributed by atoms with Crippen LogP contribution in [0.1, 0.15) is 17.2 Å². The van der Waals surface area contributed by atoms with Gasteiger partial charge in [-0.3, -0.25) is 10.8 Å². The van der Waals surface area contributed by atoms with E-state index >= 15 is 0 Å². The molecule has 0 spiro atoms. The fourth-order valence-corrected chi connectivity index (χ4v) is 2.15. The number of benzene rings is 1. The van der Waals surface area contributed by atoms with Crippen LogP contribution in [0.4, 0.5) is 0 Å². The summed E-state index contributed by atoms with van der Waals surface area (Å²) >= 11 is 8.31. The number of pyridine rings is 1. The molecular weight excluding hydrogens is 349 g/mol. The maximum Gasteiger partial charge on any atom is 0.0725 e. The molecule has 1 atom stereocenters. The smallest absolute Gasteiger partial charge is 0.0725 e. The van der Waals surface area contributed by atoms with Gasteiger partial charge in [0.05, 0.1) is 11.1 Å². The zero-order valence-electron chi connectivity index (χ0n) is 8.90. The van der Waals surface area contributed by atoms with Gasteiger partial charge in [-0.2, -0.15) is 0 Å². The van der Waals surface area contributed by atoms with Gasteiger partial charge in [0.1, 0.15) is 0 Å². The third-order valence-electron chi connectivity index (χ3n) is 2.46. The monoisotopic (exact) mass is 359 g/mol. The highest BCUT2D eigenvalue weighted by atomic mass is 127. The Kier molecular flexibility index (Phi) is 4.33. The van der Waals surface area contributed by atoms with Gasteiger partial charge < -0.3 is 0 Å². The maximum absolute atomic E-state index is 6.11. The highest BCUT2D eigenvalue weighted by Crippen LogP contribution is 2.26. The first kappa shape index (κ1) is 12.8. The van der Waals surface area contributed by atoms with Crippen LogP contribution < -0.4 is 11.3 Å². The lowest BCUT2D eigenvalue weighted by atomic mass is 10.0. The van der Waals surface area contributed by atoms with Crippen LogP contribution in [0.2, 0.25) is 5.02 Å². The number of hydrazine groups is 1. The van der Waals surface area contributed by atoms with E-state index in [1.165, 1.54) is 0 Å². The summed E-state index contributed by atoms with van der Waals surface area (Å²) in [5.74, 6) is 5.60. The van der Waals surface area contributed by atoms with Crippen molar-refractivity contribution in [1.82, 2.24) is 10.4 Å². The highest BCUT2D eigenvalue weighted by molar-refractivity contribution is 14.1. The lowest BCUT2D eigenvalue weighted by molar-refractivity contribution is 0.634. The molecule has 0 bridgehead atoms. The van der Waals surface area contributed by atoms with E-state index in [1.807, 2.05) is 30.3 Å². The van der Waals surface area contributed by atoms with Crippen LogP contribution in [0.15, 0.2) is 42.7 Å². The van der Waals surface area contributed by atoms with Crippen molar-refractivity contribution in [2.45, 2.75) is 6.04 Å². The van der Waals surface area contributed by atoms with Crippen molar-refractivity contribution in [3.63, 3.8) is 0 Å². The molecular formula is C12H11ClIN3. The van der Waals surface area contributed by atoms with Gasteiger partial charge in [-0.15, -0.1) is 0 Å². The van der Waals surface area contributed by atoms with E-state index in [0.29, 0.717) is 0 Å². The summed E-state index contributed by atoms with van der Waals surface area (Å²) in [4.78, 5) is 4.09. The molecule has 0 radical (unpaired) electrons. The Hall–Kier alpha value is -0.690. The molecule has 1 heterocycles. The number of nitrogens with two attached hydrogens (primary N) is 1. The fourth-order valence-electron chi connectivity index (χ4n) is 1.62. The Morgan fingerprint density at radius 3 is 2.71 bits per heavy atom. The first-order valence-corrected chi connectivity index (χ1v) is 6.49. The topological polar surface area (TPSA) is 50.9 Å². The molecule has 1 unspecified atom stereocenters. The molecule has 3 nitrogen and oxygen atoms in total. The third-order valence-corrected chi connectivity index (χ3v) is 4.03. The summed E-state index contributed by atoms with van der Waals surface area (Å²) in [7, 11) is 0. The quantitative estimate of drug-likeness (QED) is 0.503. The lowest BCUT2D eigenvalue weighted by Crippen LogP contribution is -2.28. The van der Waals surface area contributed by atoms with Gasteiger partial charge >= 0.3 is 0 Å². The largest absolute Gasteiger partial charge is 0.271 e. The molecule has 2 aromatic rings. The van der Waals surface area contributed by atoms with Crippen LogP contribution in [0, 0.1) is 3.57 Å². The number of aromatic nitrogens is 1. The minimum absolute atomic E-state index is 0.0989. The van der Waals surface area contributed by atoms with Crippen molar-refractivity contribution in [2.75, 3.05) is 0 Å². The Balaban J connectivity index is 2.39. The number of hydrogen-bond acceptors (Lipinski definition) is 3. The zero-order valence-corrected chi connectivity index (χ0v) is 11.8. The van der Waals surface area contributed by atoms with Crippen LogP contribution >= 0.6 is 34.2 Å². The Morgan fingerprint density at radius 2 is 2.12 bits per heavy atom. The summed E-state index contributed by atoms with van der Waals surface area (Å²) in [5.41, 5.74) is 4.81. The second kappa shape index (κ2) is 5.77. The van der Waals surface area contributed by atoms with Crippen LogP contribution in [-0.2, 0) is 0 Å². The lowest BCUT2D eigenvalue weighted by Gasteiger charge is -2.16. The SMILES string of the molecule is NNC(c1cccnc1)c1ccc(I)c(Cl)c1. The van der Waals surface area contributed by atoms with Crippen LogP contribution in [0.25, 0.3) is 0 Å². The summed E-state index contributed by atoms with van der Waals surface area (Å²) in [6.45, 7) is 0. The maximum atomic E-state index is 6.11. The van der Waals surface area contributed by atoms with E-state index in [-0.39, 0.29) is 6.04 Å². The van der Waals surface area contributed by atoms with E-state index in [1.54, 1.807) is 12.4 Å². The number of nitrogens with zero attached hydrogens (tertiary/aromatic N) is 1. The second-order valence-corrected chi connectivity index (χ2v) is 5.13. The molecule has 2 rings (SSSR count). The van der Waals surface area contributed by atoms with Crippen molar-refractivity contribution in [3.05, 3.63) is 62.4 Å². The Morgan fingerprint density at radius 1 is 1.29 bits per heavy atom. The van der Waals surface area contributed by atoms with E-state index in [9.17, 15) is 0 Å². The van der Waals surface area contributed by atoms with Crippen molar-refractivity contribution >= 4 is 34.2 Å². The van der Waals surface area contributed by atoms with Crippen molar-refractivity contribution in [3.8, 4) is 0 Å². The number of hydrogen-bond donors (Lipinski definition) is 2. The van der Waals surface area contributed by atoms with Crippen LogP contribution in [0.3, 0.4) is 0 Å². The third kappa shape index (κ3) is 2.95. The van der Waals surface area contributed by atoms with Crippen molar-refractivity contribution in [1.29, 1.82) is 0 Å². The van der Waals surface area contributed by atoms with E-state index in [2.05, 4.69) is 33.0 Å². The molecule has 0 aliphatic carbocycles. The molecule has 0 aliphatic rings. The number of halogens is 2. The molecule has 0 amide bonds. The average Bonchev–Trinajstić information content (AvgIpc) is 2.36. The minimum Gasteiger partial charge on any atom is -0.271 e. The Bertz CT molecular complexity index is 504. The number of rotatable bonds is 3. The molecule has 1 aromatic carbocycles. The second-order valence-electron chi connectivity index (χ2n) is 3.56. The first-order chi connectivity index (χ1) is 8.22. The predicted octanol–water partition coefficient (Wildman–Crippen LogP) is 2.89. The molecule has 5 heteroatoms. The van der Waals surface area contributed by atoms with E-state index < -0.39 is 0 Å². The van der Waals surface area contributed by atoms with Gasteiger partial charge in [0, 0.05) is 16.0 Å². The summed E-state index contributed by atoms with van der Waals surface area (Å²) in [6, 6.07) is 9.65. The average molecular weight is 360 g/mol. The summed E-state index contributed by atoms with van der Waals surface area (Å²) in [6.07, 6.45) is 3.52. The molecule has 17 heavy (non-hydrogen) atoms. The summed E-state index contributed by atoms with van der Waals surface area (Å²) < 4.78 is 1.02. The van der Waals surface area contributed by atoms with Gasteiger partial charge in [0.25, 0.3) is 0 Å². The zero-order chi connectivity index (χ0) is 12.3. The van der Waals surface area contributed by atoms with Gasteiger partial charge in [0.2, 0.25) is 0 Å². The predicted molar refractivity (Wildman–Crippen MR) is 77.6 cm³/mol. The van der Waals surface area contributed by atoms with Gasteiger partial charge in [-0.1, -0.05) is 23.7 Å². The highest BCUT2D eigenvalue weighted by Gasteiger charge is 2.13. The van der Waals surface area contributed by atoms with Gasteiger partial charge in [-0.25, -0.2) is 5.43 Å². The van der Waals surface area contributed by atoms with Gasteiger partial charge in [-0.05, 0) is 51.9 Å². The van der Waals surface area contributed by atoms with Crippen molar-refractivity contribution < 1.29 is 0 Å². The van der Waals surface area contributed by atoms with Crippen LogP contribution in [-0.4, -0.2) is 4.98 Å². The fraction of sp³-hybridized carbons (Fsp3) is 0.0833. The molecule has 0 saturated carbocycles. The molecule has 1 aromatic heterocycles. The molecule has 0 aliphatic heterocycles. The van der Waals surface area contributed by atoms with E-state index in [4.69, 9.17) is 17.4 Å².